The lowest BCUT2D eigenvalue weighted by molar-refractivity contribution is -0.145. The van der Waals surface area contributed by atoms with Crippen LogP contribution in [0.4, 0.5) is 4.79 Å². The minimum absolute atomic E-state index is 0.0364. The van der Waals surface area contributed by atoms with Gasteiger partial charge in [-0.2, -0.15) is 0 Å². The topological polar surface area (TPSA) is 171 Å². The Kier molecular flexibility index (Phi) is 12.9. The molecule has 2 aliphatic carbocycles. The lowest BCUT2D eigenvalue weighted by Crippen LogP contribution is -2.64. The van der Waals surface area contributed by atoms with Crippen LogP contribution in [0.3, 0.4) is 0 Å². The van der Waals surface area contributed by atoms with Gasteiger partial charge in [0.2, 0.25) is 17.6 Å². The summed E-state index contributed by atoms with van der Waals surface area (Å²) in [6.07, 6.45) is 9.73. The molecule has 3 unspecified atom stereocenters. The van der Waals surface area contributed by atoms with Gasteiger partial charge >= 0.3 is 6.03 Å². The minimum atomic E-state index is -3.60. The average molecular weight is 740 g/mol. The molecule has 13 heteroatoms. The van der Waals surface area contributed by atoms with Crippen molar-refractivity contribution in [3.63, 3.8) is 0 Å². The van der Waals surface area contributed by atoms with Gasteiger partial charge in [-0.15, -0.1) is 12.3 Å². The highest BCUT2D eigenvalue weighted by atomic mass is 32.2. The molecular formula is C39H57N5O7S. The summed E-state index contributed by atoms with van der Waals surface area (Å²) in [5, 5.41) is 11.2. The third-order valence-electron chi connectivity index (χ3n) is 11.1. The first-order chi connectivity index (χ1) is 24.4. The van der Waals surface area contributed by atoms with Gasteiger partial charge in [0.25, 0.3) is 5.91 Å². The quantitative estimate of drug-likeness (QED) is 0.121. The zero-order valence-electron chi connectivity index (χ0n) is 31.5. The Morgan fingerprint density at radius 1 is 1.02 bits per heavy atom. The predicted molar refractivity (Wildman–Crippen MR) is 199 cm³/mol. The molecule has 1 aliphatic heterocycles. The Bertz CT molecular complexity index is 1640. The molecule has 0 bridgehead atoms. The first-order valence-corrected chi connectivity index (χ1v) is 20.4. The van der Waals surface area contributed by atoms with Gasteiger partial charge in [-0.3, -0.25) is 19.2 Å². The molecule has 52 heavy (non-hydrogen) atoms. The Hall–Kier alpha value is -3.92. The van der Waals surface area contributed by atoms with E-state index in [1.807, 2.05) is 47.6 Å². The number of hydrogen-bond donors (Lipinski definition) is 4. The van der Waals surface area contributed by atoms with Gasteiger partial charge in [0, 0.05) is 19.5 Å². The molecule has 0 spiro atoms. The van der Waals surface area contributed by atoms with Crippen LogP contribution < -0.4 is 21.3 Å². The molecule has 4 rings (SSSR count). The number of urea groups is 1. The molecule has 1 aromatic carbocycles. The van der Waals surface area contributed by atoms with Crippen molar-refractivity contribution < 1.29 is 32.4 Å². The Balaban J connectivity index is 1.52. The van der Waals surface area contributed by atoms with E-state index >= 15 is 0 Å². The summed E-state index contributed by atoms with van der Waals surface area (Å²) in [6.45, 7) is 11.8. The molecule has 0 aromatic heterocycles. The van der Waals surface area contributed by atoms with Crippen molar-refractivity contribution in [1.29, 1.82) is 0 Å². The fourth-order valence-corrected chi connectivity index (χ4v) is 10.2. The number of nitrogens with zero attached hydrogens (tertiary/aromatic N) is 1. The van der Waals surface area contributed by atoms with Gasteiger partial charge in [-0.05, 0) is 47.5 Å². The van der Waals surface area contributed by atoms with E-state index in [0.717, 1.165) is 19.3 Å². The van der Waals surface area contributed by atoms with Crippen molar-refractivity contribution in [2.45, 2.75) is 122 Å². The van der Waals surface area contributed by atoms with Gasteiger partial charge in [-0.1, -0.05) is 97.6 Å². The first kappa shape index (κ1) is 40.8. The second-order valence-corrected chi connectivity index (χ2v) is 18.6. The maximum atomic E-state index is 14.5. The number of sulfone groups is 1. The molecule has 3 fully saturated rings. The third-order valence-corrected chi connectivity index (χ3v) is 12.8. The molecule has 12 nitrogen and oxygen atoms in total. The summed E-state index contributed by atoms with van der Waals surface area (Å²) in [6, 6.07) is 5.27. The van der Waals surface area contributed by atoms with E-state index in [9.17, 15) is 32.4 Å². The van der Waals surface area contributed by atoms with Gasteiger partial charge in [0.15, 0.2) is 9.84 Å². The van der Waals surface area contributed by atoms with Crippen molar-refractivity contribution in [3.05, 3.63) is 35.9 Å². The van der Waals surface area contributed by atoms with E-state index in [1.54, 1.807) is 24.3 Å². The van der Waals surface area contributed by atoms with Crippen molar-refractivity contribution >= 4 is 39.4 Å². The van der Waals surface area contributed by atoms with Gasteiger partial charge in [-0.25, -0.2) is 13.2 Å². The first-order valence-electron chi connectivity index (χ1n) is 18.5. The number of benzene rings is 1. The maximum Gasteiger partial charge on any atom is 0.315 e. The molecule has 5 amide bonds. The lowest BCUT2D eigenvalue weighted by Gasteiger charge is -2.40. The molecule has 5 atom stereocenters. The van der Waals surface area contributed by atoms with Crippen molar-refractivity contribution in [3.8, 4) is 12.3 Å². The number of piperidine rings is 1. The summed E-state index contributed by atoms with van der Waals surface area (Å²) in [7, 11) is -3.60. The number of fused-ring (bicyclic) bond motifs is 1. The number of nitrogens with one attached hydrogen (secondary N) is 4. The molecule has 1 saturated heterocycles. The molecule has 1 aromatic rings. The zero-order chi connectivity index (χ0) is 38.5. The SMILES string of the molecule is C#CCCNC(=O)C(=O)C(CCC)NC(=O)[C@@H]1C2C(CN1C(=O)[C@@H](NC(=O)NC1(CS(=O)(=O)Cc3ccccc3)CCCCC1)C(C)(C)C)C2(C)C. The largest absolute Gasteiger partial charge is 0.348 e. The summed E-state index contributed by atoms with van der Waals surface area (Å²) in [5.41, 5.74) is -1.32. The summed E-state index contributed by atoms with van der Waals surface area (Å²) in [4.78, 5) is 69.5. The van der Waals surface area contributed by atoms with Crippen LogP contribution in [0, 0.1) is 35.0 Å². The van der Waals surface area contributed by atoms with Crippen LogP contribution >= 0.6 is 0 Å². The number of Topliss-reactive ketones (excluding diaryl/α,β-unsaturated/α-hetero) is 1. The molecule has 1 heterocycles. The van der Waals surface area contributed by atoms with Gasteiger partial charge in [0.1, 0.15) is 12.1 Å². The zero-order valence-corrected chi connectivity index (χ0v) is 32.4. The number of amides is 5. The van der Waals surface area contributed by atoms with E-state index < -0.39 is 68.5 Å². The number of hydrogen-bond acceptors (Lipinski definition) is 7. The maximum absolute atomic E-state index is 14.5. The van der Waals surface area contributed by atoms with Crippen molar-refractivity contribution in [2.75, 3.05) is 18.8 Å². The number of likely N-dealkylation sites (tertiary alicyclic amines) is 1. The van der Waals surface area contributed by atoms with E-state index in [0.29, 0.717) is 31.4 Å². The number of rotatable bonds is 15. The second-order valence-electron chi connectivity index (χ2n) is 16.6. The standard InChI is InChI=1S/C39H57N5O7S/c1-8-10-22-40-34(47)31(45)28(17-9-2)41-33(46)30-29-27(38(29,6)7)23-44(30)35(48)32(37(3,4)5)42-36(49)43-39(20-15-12-16-21-39)25-52(50,51)24-26-18-13-11-14-19-26/h1,11,13-14,18-19,27-30,32H,9-10,12,15-17,20-25H2,2-7H3,(H,40,47)(H,41,46)(H2,42,43,49)/t27?,28?,29?,30-,32+/m0/s1. The molecule has 286 valence electrons. The van der Waals surface area contributed by atoms with Crippen molar-refractivity contribution in [2.24, 2.45) is 22.7 Å². The van der Waals surface area contributed by atoms with Gasteiger partial charge < -0.3 is 26.2 Å². The number of carbonyl (C=O) groups excluding carboxylic acids is 5. The Morgan fingerprint density at radius 2 is 1.67 bits per heavy atom. The smallest absolute Gasteiger partial charge is 0.315 e. The molecular weight excluding hydrogens is 683 g/mol. The fourth-order valence-electron chi connectivity index (χ4n) is 8.18. The highest BCUT2D eigenvalue weighted by Gasteiger charge is 2.70. The van der Waals surface area contributed by atoms with Crippen LogP contribution in [0.15, 0.2) is 30.3 Å². The molecule has 2 saturated carbocycles. The Morgan fingerprint density at radius 3 is 2.27 bits per heavy atom. The normalized spacial score (nSPS) is 22.9. The van der Waals surface area contributed by atoms with Crippen molar-refractivity contribution in [1.82, 2.24) is 26.2 Å². The second kappa shape index (κ2) is 16.4. The minimum Gasteiger partial charge on any atom is -0.348 e. The number of carbonyl (C=O) groups is 5. The highest BCUT2D eigenvalue weighted by molar-refractivity contribution is 7.90. The monoisotopic (exact) mass is 739 g/mol. The Labute approximate surface area is 309 Å². The van der Waals surface area contributed by atoms with E-state index in [2.05, 4.69) is 27.2 Å². The van der Waals surface area contributed by atoms with E-state index in [4.69, 9.17) is 6.42 Å². The number of ketones is 1. The molecule has 4 N–H and O–H groups in total. The van der Waals surface area contributed by atoms with E-state index in [-0.39, 0.29) is 48.1 Å². The average Bonchev–Trinajstić information content (AvgIpc) is 3.37. The molecule has 3 aliphatic rings. The van der Waals surface area contributed by atoms with Gasteiger partial charge in [0.05, 0.1) is 23.1 Å². The van der Waals surface area contributed by atoms with Crippen LogP contribution in [0.2, 0.25) is 0 Å². The van der Waals surface area contributed by atoms with Crippen LogP contribution in [-0.2, 0) is 34.8 Å². The third kappa shape index (κ3) is 9.73. The lowest BCUT2D eigenvalue weighted by atomic mass is 9.83. The summed E-state index contributed by atoms with van der Waals surface area (Å²) < 4.78 is 26.9. The van der Waals surface area contributed by atoms with E-state index in [1.165, 1.54) is 4.90 Å². The fraction of sp³-hybridized carbons (Fsp3) is 0.667. The summed E-state index contributed by atoms with van der Waals surface area (Å²) >= 11 is 0. The van der Waals surface area contributed by atoms with Crippen LogP contribution in [0.25, 0.3) is 0 Å². The van der Waals surface area contributed by atoms with Crippen LogP contribution in [0.1, 0.15) is 98.5 Å². The predicted octanol–water partition coefficient (Wildman–Crippen LogP) is 3.49. The van der Waals surface area contributed by atoms with Crippen LogP contribution in [0.5, 0.6) is 0 Å². The molecule has 0 radical (unpaired) electrons. The highest BCUT2D eigenvalue weighted by Crippen LogP contribution is 2.65. The van der Waals surface area contributed by atoms with Crippen LogP contribution in [-0.4, -0.2) is 85.4 Å². The summed E-state index contributed by atoms with van der Waals surface area (Å²) in [5.74, 6) is -0.654. The number of terminal acetylenes is 1.